The van der Waals surface area contributed by atoms with Gasteiger partial charge in [-0.15, -0.1) is 0 Å². The van der Waals surface area contributed by atoms with Crippen LogP contribution < -0.4 is 15.4 Å². The summed E-state index contributed by atoms with van der Waals surface area (Å²) in [7, 11) is 1.56. The van der Waals surface area contributed by atoms with Crippen LogP contribution in [0.15, 0.2) is 24.3 Å². The number of benzene rings is 1. The molecule has 1 aromatic carbocycles. The van der Waals surface area contributed by atoms with Crippen molar-refractivity contribution in [3.63, 3.8) is 0 Å². The number of para-hydroxylation sites is 1. The summed E-state index contributed by atoms with van der Waals surface area (Å²) in [6, 6.07) is 6.40. The highest BCUT2D eigenvalue weighted by Gasteiger charge is 2.34. The average Bonchev–Trinajstić information content (AvgIpc) is 2.93. The first-order chi connectivity index (χ1) is 10.1. The quantitative estimate of drug-likeness (QED) is 0.738. The van der Waals surface area contributed by atoms with Crippen molar-refractivity contribution < 1.29 is 24.2 Å². The largest absolute Gasteiger partial charge is 0.496 e. The fourth-order valence-corrected chi connectivity index (χ4v) is 2.18. The normalized spacial score (nSPS) is 20.8. The molecule has 2 atom stereocenters. The Hall–Kier alpha value is -2.28. The Balaban J connectivity index is 1.86. The highest BCUT2D eigenvalue weighted by molar-refractivity contribution is 5.77. The second kappa shape index (κ2) is 6.94. The molecule has 21 heavy (non-hydrogen) atoms. The molecular weight excluding hydrogens is 276 g/mol. The van der Waals surface area contributed by atoms with Gasteiger partial charge in [-0.3, -0.25) is 4.79 Å². The Morgan fingerprint density at radius 3 is 2.86 bits per heavy atom. The van der Waals surface area contributed by atoms with Crippen molar-refractivity contribution >= 4 is 12.0 Å². The van der Waals surface area contributed by atoms with E-state index in [0.717, 1.165) is 5.56 Å². The maximum atomic E-state index is 11.8. The minimum atomic E-state index is -0.970. The average molecular weight is 294 g/mol. The lowest BCUT2D eigenvalue weighted by Crippen LogP contribution is -2.47. The Labute approximate surface area is 122 Å². The molecule has 2 rings (SSSR count). The fourth-order valence-electron chi connectivity index (χ4n) is 2.18. The van der Waals surface area contributed by atoms with E-state index in [1.807, 2.05) is 18.2 Å². The molecule has 1 heterocycles. The van der Waals surface area contributed by atoms with Crippen LogP contribution in [-0.2, 0) is 16.1 Å². The van der Waals surface area contributed by atoms with E-state index in [4.69, 9.17) is 14.6 Å². The van der Waals surface area contributed by atoms with Crippen molar-refractivity contribution in [2.75, 3.05) is 20.3 Å². The van der Waals surface area contributed by atoms with E-state index in [1.54, 1.807) is 13.2 Å². The molecule has 0 spiro atoms. The van der Waals surface area contributed by atoms with Crippen LogP contribution in [0.25, 0.3) is 0 Å². The lowest BCUT2D eigenvalue weighted by molar-refractivity contribution is -0.142. The molecule has 0 saturated carbocycles. The number of rotatable bonds is 5. The van der Waals surface area contributed by atoms with E-state index in [9.17, 15) is 9.59 Å². The van der Waals surface area contributed by atoms with Crippen LogP contribution in [0.3, 0.4) is 0 Å². The molecule has 0 radical (unpaired) electrons. The zero-order chi connectivity index (χ0) is 15.2. The number of hydrogen-bond donors (Lipinski definition) is 3. The van der Waals surface area contributed by atoms with Crippen molar-refractivity contribution in [2.45, 2.75) is 12.6 Å². The van der Waals surface area contributed by atoms with Crippen LogP contribution in [0.1, 0.15) is 5.56 Å². The zero-order valence-corrected chi connectivity index (χ0v) is 11.7. The van der Waals surface area contributed by atoms with Crippen molar-refractivity contribution in [2.24, 2.45) is 5.92 Å². The van der Waals surface area contributed by atoms with Crippen LogP contribution in [-0.4, -0.2) is 43.5 Å². The molecule has 1 saturated heterocycles. The van der Waals surface area contributed by atoms with Crippen LogP contribution in [0, 0.1) is 5.92 Å². The second-order valence-electron chi connectivity index (χ2n) is 4.73. The zero-order valence-electron chi connectivity index (χ0n) is 11.7. The number of hydrogen-bond acceptors (Lipinski definition) is 4. The van der Waals surface area contributed by atoms with Crippen molar-refractivity contribution in [1.82, 2.24) is 10.6 Å². The van der Waals surface area contributed by atoms with E-state index >= 15 is 0 Å². The molecule has 0 aromatic heterocycles. The van der Waals surface area contributed by atoms with E-state index in [0.29, 0.717) is 12.3 Å². The molecule has 0 aliphatic carbocycles. The molecule has 7 heteroatoms. The summed E-state index contributed by atoms with van der Waals surface area (Å²) in [5.41, 5.74) is 0.840. The predicted octanol–water partition coefficient (Wildman–Crippen LogP) is 0.594. The molecular formula is C14H18N2O5. The summed E-state index contributed by atoms with van der Waals surface area (Å²) in [6.45, 7) is 0.618. The summed E-state index contributed by atoms with van der Waals surface area (Å²) < 4.78 is 10.3. The maximum Gasteiger partial charge on any atom is 0.315 e. The molecule has 114 valence electrons. The first-order valence-corrected chi connectivity index (χ1v) is 6.58. The van der Waals surface area contributed by atoms with Gasteiger partial charge in [0.2, 0.25) is 0 Å². The van der Waals surface area contributed by atoms with E-state index < -0.39 is 24.0 Å². The molecule has 1 fully saturated rings. The van der Waals surface area contributed by atoms with Gasteiger partial charge < -0.3 is 25.2 Å². The predicted molar refractivity (Wildman–Crippen MR) is 74.1 cm³/mol. The lowest BCUT2D eigenvalue weighted by Gasteiger charge is -2.16. The lowest BCUT2D eigenvalue weighted by atomic mass is 10.0. The van der Waals surface area contributed by atoms with Gasteiger partial charge in [0.25, 0.3) is 0 Å². The number of carboxylic acids is 1. The van der Waals surface area contributed by atoms with Gasteiger partial charge in [0.05, 0.1) is 26.4 Å². The topological polar surface area (TPSA) is 96.9 Å². The monoisotopic (exact) mass is 294 g/mol. The number of nitrogens with one attached hydrogen (secondary N) is 2. The number of carbonyl (C=O) groups excluding carboxylic acids is 1. The number of amides is 2. The van der Waals surface area contributed by atoms with E-state index in [1.165, 1.54) is 0 Å². The van der Waals surface area contributed by atoms with Gasteiger partial charge in [-0.05, 0) is 6.07 Å². The standard InChI is InChI=1S/C14H18N2O5/c1-20-12-5-3-2-4-9(12)6-15-14(19)16-11-8-21-7-10(11)13(17)18/h2-5,10-11H,6-8H2,1H3,(H,17,18)(H2,15,16,19). The highest BCUT2D eigenvalue weighted by atomic mass is 16.5. The third-order valence-electron chi connectivity index (χ3n) is 3.35. The Bertz CT molecular complexity index is 520. The number of carbonyl (C=O) groups is 2. The molecule has 1 aliphatic rings. The highest BCUT2D eigenvalue weighted by Crippen LogP contribution is 2.17. The number of ether oxygens (including phenoxy) is 2. The molecule has 7 nitrogen and oxygen atoms in total. The molecule has 2 amide bonds. The molecule has 0 bridgehead atoms. The number of urea groups is 1. The van der Waals surface area contributed by atoms with Crippen LogP contribution in [0.2, 0.25) is 0 Å². The fraction of sp³-hybridized carbons (Fsp3) is 0.429. The molecule has 1 aromatic rings. The third kappa shape index (κ3) is 3.85. The summed E-state index contributed by atoms with van der Waals surface area (Å²) in [6.07, 6.45) is 0. The minimum absolute atomic E-state index is 0.118. The summed E-state index contributed by atoms with van der Waals surface area (Å²) in [5, 5.41) is 14.3. The van der Waals surface area contributed by atoms with Gasteiger partial charge in [0.1, 0.15) is 11.7 Å². The second-order valence-corrected chi connectivity index (χ2v) is 4.73. The SMILES string of the molecule is COc1ccccc1CNC(=O)NC1COCC1C(=O)O. The number of methoxy groups -OCH3 is 1. The third-order valence-corrected chi connectivity index (χ3v) is 3.35. The molecule has 2 unspecified atom stereocenters. The van der Waals surface area contributed by atoms with Gasteiger partial charge in [-0.2, -0.15) is 0 Å². The van der Waals surface area contributed by atoms with Crippen molar-refractivity contribution in [3.05, 3.63) is 29.8 Å². The summed E-state index contributed by atoms with van der Waals surface area (Å²) in [5.74, 6) is -0.991. The van der Waals surface area contributed by atoms with Gasteiger partial charge in [-0.25, -0.2) is 4.79 Å². The number of carboxylic acid groups (broad SMARTS) is 1. The van der Waals surface area contributed by atoms with E-state index in [-0.39, 0.29) is 13.2 Å². The maximum absolute atomic E-state index is 11.8. The number of aliphatic carboxylic acids is 1. The van der Waals surface area contributed by atoms with E-state index in [2.05, 4.69) is 10.6 Å². The molecule has 1 aliphatic heterocycles. The van der Waals surface area contributed by atoms with Crippen LogP contribution >= 0.6 is 0 Å². The minimum Gasteiger partial charge on any atom is -0.496 e. The van der Waals surface area contributed by atoms with Gasteiger partial charge in [0, 0.05) is 12.1 Å². The Morgan fingerprint density at radius 1 is 1.38 bits per heavy atom. The van der Waals surface area contributed by atoms with Crippen LogP contribution in [0.4, 0.5) is 4.79 Å². The van der Waals surface area contributed by atoms with Gasteiger partial charge >= 0.3 is 12.0 Å². The first-order valence-electron chi connectivity index (χ1n) is 6.58. The molecule has 3 N–H and O–H groups in total. The van der Waals surface area contributed by atoms with Crippen molar-refractivity contribution in [1.29, 1.82) is 0 Å². The van der Waals surface area contributed by atoms with Crippen LogP contribution in [0.5, 0.6) is 5.75 Å². The summed E-state index contributed by atoms with van der Waals surface area (Å²) in [4.78, 5) is 22.8. The van der Waals surface area contributed by atoms with Crippen molar-refractivity contribution in [3.8, 4) is 5.75 Å². The first kappa shape index (κ1) is 15.1. The van der Waals surface area contributed by atoms with Gasteiger partial charge in [-0.1, -0.05) is 18.2 Å². The van der Waals surface area contributed by atoms with Gasteiger partial charge in [0.15, 0.2) is 0 Å². The Kier molecular flexibility index (Phi) is 4.99. The Morgan fingerprint density at radius 2 is 2.14 bits per heavy atom. The summed E-state index contributed by atoms with van der Waals surface area (Å²) >= 11 is 0. The smallest absolute Gasteiger partial charge is 0.315 e.